The zero-order valence-corrected chi connectivity index (χ0v) is 34.9. The number of rotatable bonds is 20. The van der Waals surface area contributed by atoms with Gasteiger partial charge in [0.1, 0.15) is 55.7 Å². The average Bonchev–Trinajstić information content (AvgIpc) is 3.74. The largest absolute Gasteiger partial charge is 0.426 e. The van der Waals surface area contributed by atoms with E-state index in [1.54, 1.807) is 39.8 Å². The molecule has 2 aromatic carbocycles. The van der Waals surface area contributed by atoms with E-state index in [0.29, 0.717) is 57.8 Å². The van der Waals surface area contributed by atoms with Gasteiger partial charge >= 0.3 is 11.9 Å². The highest BCUT2D eigenvalue weighted by Crippen LogP contribution is 2.33. The number of carbonyl (C=O) groups excluding carboxylic acids is 4. The van der Waals surface area contributed by atoms with Crippen LogP contribution in [0.4, 0.5) is 11.6 Å². The minimum absolute atomic E-state index is 0.159. The van der Waals surface area contributed by atoms with Crippen molar-refractivity contribution in [2.45, 2.75) is 78.9 Å². The zero-order valence-electron chi connectivity index (χ0n) is 34.9. The number of pyridine rings is 2. The zero-order chi connectivity index (χ0) is 43.9. The van der Waals surface area contributed by atoms with Crippen LogP contribution in [-0.4, -0.2) is 114 Å². The third-order valence-corrected chi connectivity index (χ3v) is 9.03. The van der Waals surface area contributed by atoms with Crippen molar-refractivity contribution in [1.29, 1.82) is 0 Å². The molecule has 0 aliphatic carbocycles. The topological polar surface area (TPSA) is 240 Å². The average molecular weight is 843 g/mol. The smallest absolute Gasteiger partial charge is 0.334 e. The third-order valence-electron chi connectivity index (χ3n) is 9.03. The maximum Gasteiger partial charge on any atom is 0.334 e. The number of benzene rings is 2. The summed E-state index contributed by atoms with van der Waals surface area (Å²) in [6.45, 7) is 8.59. The lowest BCUT2D eigenvalue weighted by molar-refractivity contribution is -0.172. The number of hydrogen-bond acceptors (Lipinski definition) is 15. The molecule has 4 aromatic heterocycles. The van der Waals surface area contributed by atoms with Crippen molar-refractivity contribution >= 4 is 79.3 Å². The molecular weight excluding hydrogens is 793 g/mol. The van der Waals surface area contributed by atoms with Crippen LogP contribution in [-0.2, 0) is 69.0 Å². The molecule has 0 bridgehead atoms. The molecular formula is C42H50N8O11. The monoisotopic (exact) mass is 842 g/mol. The van der Waals surface area contributed by atoms with Crippen molar-refractivity contribution < 1.29 is 53.1 Å². The Bertz CT molecular complexity index is 2570. The number of carbonyl (C=O) groups is 4. The molecule has 19 nitrogen and oxygen atoms in total. The summed E-state index contributed by atoms with van der Waals surface area (Å²) >= 11 is 0. The first-order valence-electron chi connectivity index (χ1n) is 19.7. The van der Waals surface area contributed by atoms with Gasteiger partial charge < -0.3 is 53.7 Å². The number of hydrogen-bond donors (Lipinski definition) is 4. The van der Waals surface area contributed by atoms with Crippen LogP contribution in [0.15, 0.2) is 48.5 Å². The number of esters is 2. The fourth-order valence-corrected chi connectivity index (χ4v) is 6.66. The van der Waals surface area contributed by atoms with Crippen LogP contribution in [0.1, 0.15) is 53.2 Å². The van der Waals surface area contributed by atoms with Gasteiger partial charge in [0.15, 0.2) is 11.6 Å². The summed E-state index contributed by atoms with van der Waals surface area (Å²) in [5.41, 5.74) is 1.27. The van der Waals surface area contributed by atoms with E-state index in [1.807, 2.05) is 59.4 Å². The van der Waals surface area contributed by atoms with Gasteiger partial charge in [-0.2, -0.15) is 0 Å². The van der Waals surface area contributed by atoms with Gasteiger partial charge in [-0.15, -0.1) is 0 Å². The first-order chi connectivity index (χ1) is 29.0. The Balaban J connectivity index is 0.966. The molecule has 4 N–H and O–H groups in total. The molecule has 0 spiro atoms. The Labute approximate surface area is 350 Å². The van der Waals surface area contributed by atoms with Crippen molar-refractivity contribution in [3.63, 3.8) is 0 Å². The summed E-state index contributed by atoms with van der Waals surface area (Å²) in [4.78, 5) is 69.0. The number of nitrogens with zero attached hydrogens (tertiary/aromatic N) is 6. The number of aliphatic hydroxyl groups is 2. The van der Waals surface area contributed by atoms with E-state index in [4.69, 9.17) is 33.7 Å². The first-order valence-corrected chi connectivity index (χ1v) is 19.7. The second-order valence-electron chi connectivity index (χ2n) is 15.4. The molecule has 0 saturated heterocycles. The number of nitrogens with one attached hydrogen (secondary N) is 2. The Hall–Kier alpha value is -6.12. The van der Waals surface area contributed by atoms with Crippen LogP contribution in [0, 0.1) is 0 Å². The fourth-order valence-electron chi connectivity index (χ4n) is 6.66. The Morgan fingerprint density at radius 1 is 0.623 bits per heavy atom. The van der Waals surface area contributed by atoms with E-state index in [-0.39, 0.29) is 31.3 Å². The van der Waals surface area contributed by atoms with E-state index in [1.165, 1.54) is 0 Å². The number of anilines is 2. The highest BCUT2D eigenvalue weighted by atomic mass is 16.7. The van der Waals surface area contributed by atoms with E-state index in [2.05, 4.69) is 20.6 Å². The minimum Gasteiger partial charge on any atom is -0.426 e. The summed E-state index contributed by atoms with van der Waals surface area (Å²) < 4.78 is 29.6. The van der Waals surface area contributed by atoms with Crippen molar-refractivity contribution in [1.82, 2.24) is 29.1 Å². The second-order valence-corrected chi connectivity index (χ2v) is 15.4. The molecule has 0 radical (unpaired) electrons. The molecule has 2 amide bonds. The molecule has 6 aromatic rings. The summed E-state index contributed by atoms with van der Waals surface area (Å²) in [6.07, 6.45) is 0.572. The van der Waals surface area contributed by atoms with Crippen molar-refractivity contribution in [3.05, 3.63) is 60.2 Å². The normalized spacial score (nSPS) is 12.1. The summed E-state index contributed by atoms with van der Waals surface area (Å²) in [7, 11) is 0. The van der Waals surface area contributed by atoms with Crippen LogP contribution >= 0.6 is 0 Å². The number of ether oxygens (including phenoxy) is 5. The summed E-state index contributed by atoms with van der Waals surface area (Å²) in [6, 6.07) is 14.7. The van der Waals surface area contributed by atoms with Gasteiger partial charge in [0.25, 0.3) is 11.8 Å². The van der Waals surface area contributed by atoms with Gasteiger partial charge in [0, 0.05) is 23.8 Å². The number of para-hydroxylation sites is 2. The molecule has 0 atom stereocenters. The number of aryl methyl sites for hydroxylation is 1. The molecule has 0 saturated carbocycles. The predicted octanol–water partition coefficient (Wildman–Crippen LogP) is 3.78. The SMILES string of the molecule is CCOCc1nc2c(NC(=O)COCC(=O)OCOC(=O)COCC(=O)Nc3nc4ccccc4c4c3nc(CC)n4CC(C)(C)O)nc3ccccc3c2n1CC(C)(C)O. The standard InChI is InChI=1S/C42H50N8O11/c1-7-29-45-35-37(49(29)22-41(3,4)55)25-13-9-11-15-27(25)43-39(35)47-31(51)18-58-20-33(53)60-24-61-34(54)21-59-19-32(52)48-40-36-38(26-14-10-12-16-28(26)44-40)50(23-42(5,6)56)30(46-36)17-57-8-2/h9-16,55-56H,7-8,17-24H2,1-6H3,(H,43,47,51)(H,44,48,52). The Kier molecular flexibility index (Phi) is 13.9. The van der Waals surface area contributed by atoms with Crippen molar-refractivity contribution in [3.8, 4) is 0 Å². The van der Waals surface area contributed by atoms with Crippen LogP contribution in [0.2, 0.25) is 0 Å². The lowest BCUT2D eigenvalue weighted by Gasteiger charge is -2.20. The summed E-state index contributed by atoms with van der Waals surface area (Å²) in [5.74, 6) is -1.44. The third kappa shape index (κ3) is 11.2. The van der Waals surface area contributed by atoms with Crippen LogP contribution in [0.5, 0.6) is 0 Å². The molecule has 0 aliphatic rings. The van der Waals surface area contributed by atoms with Gasteiger partial charge in [-0.3, -0.25) is 9.59 Å². The number of imidazole rings is 2. The van der Waals surface area contributed by atoms with E-state index in [9.17, 15) is 29.4 Å². The number of fused-ring (bicyclic) bond motifs is 6. The highest BCUT2D eigenvalue weighted by Gasteiger charge is 2.25. The maximum atomic E-state index is 12.9. The molecule has 0 unspecified atom stereocenters. The number of amides is 2. The first kappa shape index (κ1) is 44.4. The Morgan fingerprint density at radius 3 is 1.51 bits per heavy atom. The van der Waals surface area contributed by atoms with Gasteiger partial charge in [-0.05, 0) is 46.8 Å². The predicted molar refractivity (Wildman–Crippen MR) is 223 cm³/mol. The van der Waals surface area contributed by atoms with E-state index >= 15 is 0 Å². The van der Waals surface area contributed by atoms with Gasteiger partial charge in [-0.25, -0.2) is 29.5 Å². The molecule has 324 valence electrons. The molecule has 0 fully saturated rings. The van der Waals surface area contributed by atoms with Crippen molar-refractivity contribution in [2.24, 2.45) is 0 Å². The minimum atomic E-state index is -1.09. The van der Waals surface area contributed by atoms with Gasteiger partial charge in [0.2, 0.25) is 6.79 Å². The highest BCUT2D eigenvalue weighted by molar-refractivity contribution is 6.11. The van der Waals surface area contributed by atoms with Gasteiger partial charge in [-0.1, -0.05) is 43.3 Å². The molecule has 0 aliphatic heterocycles. The van der Waals surface area contributed by atoms with E-state index < -0.39 is 68.2 Å². The maximum absolute atomic E-state index is 12.9. The number of aromatic nitrogens is 6. The molecule has 61 heavy (non-hydrogen) atoms. The Morgan fingerprint density at radius 2 is 1.07 bits per heavy atom. The van der Waals surface area contributed by atoms with Crippen LogP contribution < -0.4 is 10.6 Å². The van der Waals surface area contributed by atoms with Gasteiger partial charge in [0.05, 0.1) is 46.4 Å². The van der Waals surface area contributed by atoms with Crippen molar-refractivity contribution in [2.75, 3.05) is 50.5 Å². The fraction of sp³-hybridized carbons (Fsp3) is 0.429. The molecule has 6 rings (SSSR count). The molecule has 19 heteroatoms. The van der Waals surface area contributed by atoms with Crippen LogP contribution in [0.25, 0.3) is 43.9 Å². The summed E-state index contributed by atoms with van der Waals surface area (Å²) in [5, 5.41) is 28.3. The quantitative estimate of drug-likeness (QED) is 0.0632. The lowest BCUT2D eigenvalue weighted by atomic mass is 10.1. The molecule has 4 heterocycles. The second kappa shape index (κ2) is 19.1. The van der Waals surface area contributed by atoms with E-state index in [0.717, 1.165) is 10.8 Å². The lowest BCUT2D eigenvalue weighted by Crippen LogP contribution is -2.27. The van der Waals surface area contributed by atoms with Crippen LogP contribution in [0.3, 0.4) is 0 Å².